The molecule has 0 aliphatic rings. The van der Waals surface area contributed by atoms with Crippen molar-refractivity contribution < 1.29 is 9.47 Å². The van der Waals surface area contributed by atoms with Gasteiger partial charge in [0, 0.05) is 31.9 Å². The van der Waals surface area contributed by atoms with E-state index in [2.05, 4.69) is 33.1 Å². The Bertz CT molecular complexity index is 789. The minimum absolute atomic E-state index is 0.631. The van der Waals surface area contributed by atoms with Gasteiger partial charge in [-0.1, -0.05) is 36.4 Å². The second-order valence-corrected chi connectivity index (χ2v) is 6.40. The van der Waals surface area contributed by atoms with Crippen molar-refractivity contribution in [2.24, 2.45) is 0 Å². The van der Waals surface area contributed by atoms with Crippen molar-refractivity contribution in [2.45, 2.75) is 25.9 Å². The van der Waals surface area contributed by atoms with Gasteiger partial charge >= 0.3 is 0 Å². The van der Waals surface area contributed by atoms with Gasteiger partial charge in [0.25, 0.3) is 0 Å². The van der Waals surface area contributed by atoms with Gasteiger partial charge in [0.1, 0.15) is 0 Å². The molecule has 0 radical (unpaired) electrons. The molecular formula is C22H27N3O2. The lowest BCUT2D eigenvalue weighted by molar-refractivity contribution is 0.297. The quantitative estimate of drug-likeness (QED) is 0.527. The normalized spacial score (nSPS) is 10.7. The van der Waals surface area contributed by atoms with Gasteiger partial charge in [-0.05, 0) is 36.2 Å². The van der Waals surface area contributed by atoms with Gasteiger partial charge in [0.2, 0.25) is 0 Å². The molecule has 142 valence electrons. The highest BCUT2D eigenvalue weighted by molar-refractivity contribution is 5.43. The van der Waals surface area contributed by atoms with E-state index in [1.165, 1.54) is 11.1 Å². The van der Waals surface area contributed by atoms with Crippen LogP contribution in [-0.2, 0) is 19.5 Å². The molecule has 5 heteroatoms. The maximum Gasteiger partial charge on any atom is 0.161 e. The van der Waals surface area contributed by atoms with E-state index in [-0.39, 0.29) is 0 Å². The molecule has 0 fully saturated rings. The maximum absolute atomic E-state index is 5.92. The molecule has 1 aromatic heterocycles. The van der Waals surface area contributed by atoms with E-state index in [0.717, 1.165) is 44.0 Å². The molecule has 0 saturated heterocycles. The van der Waals surface area contributed by atoms with Crippen molar-refractivity contribution in [2.75, 3.05) is 20.3 Å². The smallest absolute Gasteiger partial charge is 0.161 e. The van der Waals surface area contributed by atoms with Crippen molar-refractivity contribution in [3.63, 3.8) is 0 Å². The first kappa shape index (κ1) is 19.0. The summed E-state index contributed by atoms with van der Waals surface area (Å²) in [4.78, 5) is 4.05. The molecule has 2 aromatic carbocycles. The summed E-state index contributed by atoms with van der Waals surface area (Å²) in [5.41, 5.74) is 2.46. The van der Waals surface area contributed by atoms with Gasteiger partial charge < -0.3 is 19.4 Å². The average Bonchev–Trinajstić information content (AvgIpc) is 3.23. The zero-order valence-corrected chi connectivity index (χ0v) is 15.8. The molecule has 0 bridgehead atoms. The number of nitrogens with zero attached hydrogens (tertiary/aromatic N) is 2. The molecule has 0 unspecified atom stereocenters. The molecule has 0 aliphatic heterocycles. The summed E-state index contributed by atoms with van der Waals surface area (Å²) in [6, 6.07) is 16.5. The highest BCUT2D eigenvalue weighted by Crippen LogP contribution is 2.28. The highest BCUT2D eigenvalue weighted by atomic mass is 16.5. The summed E-state index contributed by atoms with van der Waals surface area (Å²) >= 11 is 0. The number of rotatable bonds is 11. The summed E-state index contributed by atoms with van der Waals surface area (Å²) in [6.07, 6.45) is 7.59. The Hall–Kier alpha value is -2.79. The van der Waals surface area contributed by atoms with Crippen LogP contribution in [-0.4, -0.2) is 29.8 Å². The lowest BCUT2D eigenvalue weighted by Gasteiger charge is -2.13. The number of aryl methyl sites for hydroxylation is 1. The van der Waals surface area contributed by atoms with E-state index >= 15 is 0 Å². The third-order valence-electron chi connectivity index (χ3n) is 4.38. The molecule has 0 atom stereocenters. The van der Waals surface area contributed by atoms with Crippen LogP contribution in [0.5, 0.6) is 11.5 Å². The number of aromatic nitrogens is 2. The number of hydrogen-bond acceptors (Lipinski definition) is 4. The Balaban J connectivity index is 1.42. The minimum atomic E-state index is 0.631. The SMILES string of the molecule is COc1cc(CNCCCn2ccnc2)ccc1OCCc1ccccc1. The predicted molar refractivity (Wildman–Crippen MR) is 107 cm³/mol. The van der Waals surface area contributed by atoms with E-state index < -0.39 is 0 Å². The Morgan fingerprint density at radius 2 is 1.93 bits per heavy atom. The van der Waals surface area contributed by atoms with Crippen LogP contribution < -0.4 is 14.8 Å². The van der Waals surface area contributed by atoms with Crippen molar-refractivity contribution in [3.8, 4) is 11.5 Å². The average molecular weight is 365 g/mol. The van der Waals surface area contributed by atoms with Gasteiger partial charge in [0.15, 0.2) is 11.5 Å². The fourth-order valence-corrected chi connectivity index (χ4v) is 2.90. The summed E-state index contributed by atoms with van der Waals surface area (Å²) in [5, 5.41) is 3.47. The maximum atomic E-state index is 5.92. The standard InChI is InChI=1S/C22H27N3O2/c1-26-22-16-20(17-23-11-5-13-25-14-12-24-18-25)8-9-21(22)27-15-10-19-6-3-2-4-7-19/h2-4,6-9,12,14,16,18,23H,5,10-11,13,15,17H2,1H3. The van der Waals surface area contributed by atoms with E-state index in [1.807, 2.05) is 49.1 Å². The van der Waals surface area contributed by atoms with Crippen LogP contribution in [0.25, 0.3) is 0 Å². The van der Waals surface area contributed by atoms with E-state index in [1.54, 1.807) is 7.11 Å². The monoisotopic (exact) mass is 365 g/mol. The van der Waals surface area contributed by atoms with Crippen LogP contribution in [0, 0.1) is 0 Å². The second-order valence-electron chi connectivity index (χ2n) is 6.40. The van der Waals surface area contributed by atoms with E-state index in [0.29, 0.717) is 6.61 Å². The minimum Gasteiger partial charge on any atom is -0.493 e. The Morgan fingerprint density at radius 3 is 2.70 bits per heavy atom. The Morgan fingerprint density at radius 1 is 1.04 bits per heavy atom. The molecule has 3 aromatic rings. The third-order valence-corrected chi connectivity index (χ3v) is 4.38. The van der Waals surface area contributed by atoms with Gasteiger partial charge in [-0.15, -0.1) is 0 Å². The molecule has 27 heavy (non-hydrogen) atoms. The van der Waals surface area contributed by atoms with E-state index in [9.17, 15) is 0 Å². The molecule has 3 rings (SSSR count). The van der Waals surface area contributed by atoms with Crippen molar-refractivity contribution in [3.05, 3.63) is 78.4 Å². The first-order chi connectivity index (χ1) is 13.3. The Kier molecular flexibility index (Phi) is 7.30. The molecule has 0 aliphatic carbocycles. The van der Waals surface area contributed by atoms with Gasteiger partial charge in [-0.2, -0.15) is 0 Å². The topological polar surface area (TPSA) is 48.3 Å². The molecule has 1 N–H and O–H groups in total. The van der Waals surface area contributed by atoms with Gasteiger partial charge in [-0.25, -0.2) is 4.98 Å². The third kappa shape index (κ3) is 6.15. The van der Waals surface area contributed by atoms with Crippen LogP contribution in [0.2, 0.25) is 0 Å². The second kappa shape index (κ2) is 10.4. The molecule has 0 spiro atoms. The summed E-state index contributed by atoms with van der Waals surface area (Å²) in [6.45, 7) is 3.37. The van der Waals surface area contributed by atoms with Crippen LogP contribution in [0.1, 0.15) is 17.5 Å². The van der Waals surface area contributed by atoms with Crippen LogP contribution in [0.3, 0.4) is 0 Å². The first-order valence-corrected chi connectivity index (χ1v) is 9.35. The molecule has 1 heterocycles. The lowest BCUT2D eigenvalue weighted by atomic mass is 10.1. The van der Waals surface area contributed by atoms with Crippen molar-refractivity contribution in [1.82, 2.24) is 14.9 Å². The molecule has 0 saturated carbocycles. The fraction of sp³-hybridized carbons (Fsp3) is 0.318. The fourth-order valence-electron chi connectivity index (χ4n) is 2.90. The van der Waals surface area contributed by atoms with Crippen molar-refractivity contribution >= 4 is 0 Å². The number of nitrogens with one attached hydrogen (secondary N) is 1. The number of imidazole rings is 1. The number of benzene rings is 2. The lowest BCUT2D eigenvalue weighted by Crippen LogP contribution is -2.16. The van der Waals surface area contributed by atoms with Crippen LogP contribution in [0.15, 0.2) is 67.3 Å². The molecule has 5 nitrogen and oxygen atoms in total. The van der Waals surface area contributed by atoms with Crippen LogP contribution >= 0.6 is 0 Å². The van der Waals surface area contributed by atoms with Gasteiger partial charge in [-0.3, -0.25) is 0 Å². The summed E-state index contributed by atoms with van der Waals surface area (Å²) in [7, 11) is 1.68. The predicted octanol–water partition coefficient (Wildman–Crippen LogP) is 3.69. The zero-order valence-electron chi connectivity index (χ0n) is 15.8. The number of hydrogen-bond donors (Lipinski definition) is 1. The van der Waals surface area contributed by atoms with Gasteiger partial charge in [0.05, 0.1) is 20.0 Å². The first-order valence-electron chi connectivity index (χ1n) is 9.35. The largest absolute Gasteiger partial charge is 0.493 e. The van der Waals surface area contributed by atoms with E-state index in [4.69, 9.17) is 9.47 Å². The summed E-state index contributed by atoms with van der Waals surface area (Å²) < 4.78 is 13.5. The summed E-state index contributed by atoms with van der Waals surface area (Å²) in [5.74, 6) is 1.57. The number of ether oxygens (including phenoxy) is 2. The highest BCUT2D eigenvalue weighted by Gasteiger charge is 2.06. The molecule has 0 amide bonds. The molecular weight excluding hydrogens is 338 g/mol. The van der Waals surface area contributed by atoms with Crippen LogP contribution in [0.4, 0.5) is 0 Å². The zero-order chi connectivity index (χ0) is 18.7. The Labute approximate surface area is 161 Å². The van der Waals surface area contributed by atoms with Crippen molar-refractivity contribution in [1.29, 1.82) is 0 Å². The number of methoxy groups -OCH3 is 1.